The lowest BCUT2D eigenvalue weighted by molar-refractivity contribution is 0.0529. The van der Waals surface area contributed by atoms with Crippen LogP contribution in [0.25, 0.3) is 0 Å². The second kappa shape index (κ2) is 14.0. The Morgan fingerprint density at radius 2 is 2.03 bits per heavy atom. The molecule has 0 amide bonds. The van der Waals surface area contributed by atoms with E-state index in [0.29, 0.717) is 18.6 Å². The molecule has 2 N–H and O–H groups in total. The summed E-state index contributed by atoms with van der Waals surface area (Å²) in [5.74, 6) is 1.87. The van der Waals surface area contributed by atoms with E-state index < -0.39 is 0 Å². The van der Waals surface area contributed by atoms with Crippen LogP contribution in [0.3, 0.4) is 0 Å². The van der Waals surface area contributed by atoms with Gasteiger partial charge in [-0.25, -0.2) is 9.98 Å². The topological polar surface area (TPSA) is 65.0 Å². The van der Waals surface area contributed by atoms with Crippen molar-refractivity contribution in [2.75, 3.05) is 44.2 Å². The third kappa shape index (κ3) is 8.93. The lowest BCUT2D eigenvalue weighted by Crippen LogP contribution is -2.45. The molecule has 0 bridgehead atoms. The summed E-state index contributed by atoms with van der Waals surface area (Å²) < 4.78 is 5.64. The minimum Gasteiger partial charge on any atom is -0.375 e. The number of rotatable bonds is 9. The van der Waals surface area contributed by atoms with E-state index in [2.05, 4.69) is 73.0 Å². The first-order chi connectivity index (χ1) is 13.9. The Hall–Kier alpha value is -1.13. The van der Waals surface area contributed by atoms with E-state index in [9.17, 15) is 0 Å². The van der Waals surface area contributed by atoms with Crippen LogP contribution < -0.4 is 15.5 Å². The van der Waals surface area contributed by atoms with E-state index in [1.54, 1.807) is 0 Å². The van der Waals surface area contributed by atoms with Crippen LogP contribution in [0.4, 0.5) is 5.82 Å². The van der Waals surface area contributed by atoms with Gasteiger partial charge in [0.15, 0.2) is 5.96 Å². The molecule has 1 aromatic heterocycles. The normalized spacial score (nSPS) is 17.4. The number of guanidine groups is 1. The molecule has 0 radical (unpaired) electrons. The number of aliphatic imine (C=N–C) groups is 1. The predicted octanol–water partition coefficient (Wildman–Crippen LogP) is 3.10. The van der Waals surface area contributed by atoms with Crippen LogP contribution >= 0.6 is 24.0 Å². The average molecular weight is 533 g/mol. The zero-order valence-electron chi connectivity index (χ0n) is 19.5. The number of hydrogen-bond acceptors (Lipinski definition) is 5. The first-order valence-electron chi connectivity index (χ1n) is 11.0. The standard InChI is InChI=1S/C22H40N6O.HI/c1-7-23-22(25-10-11-28(17(2)3)18(4)5)26-15-20-8-9-24-21(14-20)27-12-13-29-19(6)16-27;/h8-9,14,17-19H,7,10-13,15-16H2,1-6H3,(H2,23,25,26);1H. The van der Waals surface area contributed by atoms with E-state index >= 15 is 0 Å². The highest BCUT2D eigenvalue weighted by Gasteiger charge is 2.18. The summed E-state index contributed by atoms with van der Waals surface area (Å²) in [4.78, 5) is 14.1. The van der Waals surface area contributed by atoms with Crippen LogP contribution in [0.15, 0.2) is 23.3 Å². The Morgan fingerprint density at radius 3 is 2.67 bits per heavy atom. The van der Waals surface area contributed by atoms with Gasteiger partial charge in [-0.05, 0) is 59.2 Å². The van der Waals surface area contributed by atoms with Crippen LogP contribution in [0, 0.1) is 0 Å². The highest BCUT2D eigenvalue weighted by atomic mass is 127. The van der Waals surface area contributed by atoms with Crippen LogP contribution in [0.1, 0.15) is 47.1 Å². The fourth-order valence-electron chi connectivity index (χ4n) is 3.69. The SMILES string of the molecule is CCNC(=NCc1ccnc(N2CCOC(C)C2)c1)NCCN(C(C)C)C(C)C.I. The highest BCUT2D eigenvalue weighted by molar-refractivity contribution is 14.0. The minimum atomic E-state index is 0. The second-order valence-corrected chi connectivity index (χ2v) is 8.20. The van der Waals surface area contributed by atoms with E-state index in [-0.39, 0.29) is 30.1 Å². The maximum absolute atomic E-state index is 5.64. The van der Waals surface area contributed by atoms with Crippen molar-refractivity contribution in [2.24, 2.45) is 4.99 Å². The van der Waals surface area contributed by atoms with E-state index in [1.165, 1.54) is 0 Å². The monoisotopic (exact) mass is 532 g/mol. The average Bonchev–Trinajstić information content (AvgIpc) is 2.69. The molecule has 1 atom stereocenters. The summed E-state index contributed by atoms with van der Waals surface area (Å²) in [7, 11) is 0. The molecule has 8 heteroatoms. The molecule has 1 unspecified atom stereocenters. The Bertz CT molecular complexity index is 632. The molecule has 0 aromatic carbocycles. The Balaban J connectivity index is 0.00000450. The molecule has 2 heterocycles. The zero-order chi connectivity index (χ0) is 21.2. The summed E-state index contributed by atoms with van der Waals surface area (Å²) in [5, 5.41) is 6.82. The maximum Gasteiger partial charge on any atom is 0.191 e. The van der Waals surface area contributed by atoms with Gasteiger partial charge in [0, 0.05) is 51.0 Å². The molecule has 172 valence electrons. The van der Waals surface area contributed by atoms with Crippen molar-refractivity contribution < 1.29 is 4.74 Å². The smallest absolute Gasteiger partial charge is 0.191 e. The molecular formula is C22H41IN6O. The summed E-state index contributed by atoms with van der Waals surface area (Å²) in [6, 6.07) is 5.26. The minimum absolute atomic E-state index is 0. The van der Waals surface area contributed by atoms with Gasteiger partial charge in [0.05, 0.1) is 19.3 Å². The van der Waals surface area contributed by atoms with Gasteiger partial charge in [-0.3, -0.25) is 4.90 Å². The number of halogens is 1. The molecule has 2 rings (SSSR count). The van der Waals surface area contributed by atoms with Crippen LogP contribution in [-0.2, 0) is 11.3 Å². The van der Waals surface area contributed by atoms with E-state index in [1.807, 2.05) is 12.3 Å². The molecule has 1 aliphatic heterocycles. The van der Waals surface area contributed by atoms with Crippen molar-refractivity contribution >= 4 is 35.8 Å². The third-order valence-corrected chi connectivity index (χ3v) is 5.13. The molecule has 7 nitrogen and oxygen atoms in total. The van der Waals surface area contributed by atoms with Gasteiger partial charge < -0.3 is 20.3 Å². The van der Waals surface area contributed by atoms with Crippen LogP contribution in [0.2, 0.25) is 0 Å². The van der Waals surface area contributed by atoms with Crippen molar-refractivity contribution in [1.82, 2.24) is 20.5 Å². The molecule has 0 aliphatic carbocycles. The van der Waals surface area contributed by atoms with Gasteiger partial charge >= 0.3 is 0 Å². The fraction of sp³-hybridized carbons (Fsp3) is 0.727. The first kappa shape index (κ1) is 26.9. The van der Waals surface area contributed by atoms with Gasteiger partial charge in [-0.15, -0.1) is 24.0 Å². The highest BCUT2D eigenvalue weighted by Crippen LogP contribution is 2.17. The van der Waals surface area contributed by atoms with Gasteiger partial charge in [0.25, 0.3) is 0 Å². The van der Waals surface area contributed by atoms with Crippen molar-refractivity contribution in [2.45, 2.75) is 66.3 Å². The number of pyridine rings is 1. The first-order valence-corrected chi connectivity index (χ1v) is 11.0. The number of aromatic nitrogens is 1. The Morgan fingerprint density at radius 1 is 1.30 bits per heavy atom. The lowest BCUT2D eigenvalue weighted by Gasteiger charge is -2.32. The summed E-state index contributed by atoms with van der Waals surface area (Å²) >= 11 is 0. The summed E-state index contributed by atoms with van der Waals surface area (Å²) in [6.07, 6.45) is 2.12. The molecular weight excluding hydrogens is 491 g/mol. The summed E-state index contributed by atoms with van der Waals surface area (Å²) in [6.45, 7) is 19.0. The lowest BCUT2D eigenvalue weighted by atomic mass is 10.2. The fourth-order valence-corrected chi connectivity index (χ4v) is 3.69. The number of ether oxygens (including phenoxy) is 1. The number of morpholine rings is 1. The van der Waals surface area contributed by atoms with E-state index in [0.717, 1.165) is 56.7 Å². The molecule has 30 heavy (non-hydrogen) atoms. The molecule has 0 spiro atoms. The quantitative estimate of drug-likeness (QED) is 0.290. The van der Waals surface area contributed by atoms with E-state index in [4.69, 9.17) is 9.73 Å². The predicted molar refractivity (Wildman–Crippen MR) is 137 cm³/mol. The van der Waals surface area contributed by atoms with Crippen molar-refractivity contribution in [1.29, 1.82) is 0 Å². The molecule has 1 fully saturated rings. The largest absolute Gasteiger partial charge is 0.375 e. The number of anilines is 1. The third-order valence-electron chi connectivity index (χ3n) is 5.13. The number of nitrogens with one attached hydrogen (secondary N) is 2. The van der Waals surface area contributed by atoms with Crippen LogP contribution in [-0.4, -0.2) is 73.4 Å². The van der Waals surface area contributed by atoms with Crippen molar-refractivity contribution in [3.63, 3.8) is 0 Å². The Kier molecular flexibility index (Phi) is 12.6. The molecule has 1 aromatic rings. The van der Waals surface area contributed by atoms with Gasteiger partial charge in [0.2, 0.25) is 0 Å². The zero-order valence-corrected chi connectivity index (χ0v) is 21.8. The number of nitrogens with zero attached hydrogens (tertiary/aromatic N) is 4. The van der Waals surface area contributed by atoms with Crippen molar-refractivity contribution in [3.05, 3.63) is 23.9 Å². The molecule has 1 saturated heterocycles. The second-order valence-electron chi connectivity index (χ2n) is 8.20. The van der Waals surface area contributed by atoms with Crippen LogP contribution in [0.5, 0.6) is 0 Å². The number of hydrogen-bond donors (Lipinski definition) is 2. The van der Waals surface area contributed by atoms with Crippen molar-refractivity contribution in [3.8, 4) is 0 Å². The molecule has 0 saturated carbocycles. The Labute approximate surface area is 200 Å². The molecule has 1 aliphatic rings. The summed E-state index contributed by atoms with van der Waals surface area (Å²) in [5.41, 5.74) is 1.16. The van der Waals surface area contributed by atoms with Gasteiger partial charge in [-0.1, -0.05) is 0 Å². The maximum atomic E-state index is 5.64. The van der Waals surface area contributed by atoms with Gasteiger partial charge in [-0.2, -0.15) is 0 Å². The van der Waals surface area contributed by atoms with Gasteiger partial charge in [0.1, 0.15) is 5.82 Å².